The molecule has 1 aromatic heterocycles. The highest BCUT2D eigenvalue weighted by Gasteiger charge is 2.31. The molecule has 1 saturated carbocycles. The number of hydrogen-bond donors (Lipinski definition) is 2. The lowest BCUT2D eigenvalue weighted by Gasteiger charge is -2.11. The highest BCUT2D eigenvalue weighted by Crippen LogP contribution is 2.32. The van der Waals surface area contributed by atoms with E-state index in [1.54, 1.807) is 0 Å². The molecule has 5 nitrogen and oxygen atoms in total. The molecular formula is C14H18ClF3N4O. The van der Waals surface area contributed by atoms with E-state index in [0.717, 1.165) is 25.5 Å². The number of alkyl halides is 3. The fourth-order valence-corrected chi connectivity index (χ4v) is 1.95. The Morgan fingerprint density at radius 1 is 1.48 bits per heavy atom. The summed E-state index contributed by atoms with van der Waals surface area (Å²) >= 11 is 5.76. The minimum absolute atomic E-state index is 0.0324. The molecule has 1 aliphatic carbocycles. The van der Waals surface area contributed by atoms with Gasteiger partial charge in [0.25, 0.3) is 0 Å². The second-order valence-electron chi connectivity index (χ2n) is 5.04. The Labute approximate surface area is 137 Å². The first-order chi connectivity index (χ1) is 10.9. The summed E-state index contributed by atoms with van der Waals surface area (Å²) in [6, 6.07) is 1.27. The molecule has 0 saturated heterocycles. The third kappa shape index (κ3) is 5.78. The lowest BCUT2D eigenvalue weighted by molar-refractivity contribution is -0.137. The van der Waals surface area contributed by atoms with Crippen LogP contribution in [0.1, 0.15) is 25.3 Å². The predicted molar refractivity (Wildman–Crippen MR) is 81.9 cm³/mol. The van der Waals surface area contributed by atoms with Gasteiger partial charge in [-0.3, -0.25) is 0 Å². The number of nitrogens with one attached hydrogen (secondary N) is 2. The first-order valence-electron chi connectivity index (χ1n) is 7.30. The van der Waals surface area contributed by atoms with Crippen molar-refractivity contribution in [3.8, 4) is 5.88 Å². The maximum atomic E-state index is 12.5. The van der Waals surface area contributed by atoms with Crippen molar-refractivity contribution in [2.75, 3.05) is 19.7 Å². The van der Waals surface area contributed by atoms with Gasteiger partial charge in [0, 0.05) is 18.8 Å². The largest absolute Gasteiger partial charge is 0.475 e. The second kappa shape index (κ2) is 7.72. The molecule has 0 bridgehead atoms. The van der Waals surface area contributed by atoms with Crippen molar-refractivity contribution >= 4 is 17.6 Å². The molecule has 0 unspecified atom stereocenters. The van der Waals surface area contributed by atoms with Crippen LogP contribution in [0.15, 0.2) is 17.3 Å². The van der Waals surface area contributed by atoms with Gasteiger partial charge in [-0.25, -0.2) is 9.98 Å². The Hall–Kier alpha value is -1.70. The summed E-state index contributed by atoms with van der Waals surface area (Å²) in [4.78, 5) is 7.92. The second-order valence-corrected chi connectivity index (χ2v) is 5.44. The minimum atomic E-state index is -4.48. The highest BCUT2D eigenvalue weighted by atomic mass is 35.5. The normalized spacial score (nSPS) is 15.4. The number of nitrogens with zero attached hydrogens (tertiary/aromatic N) is 2. The van der Waals surface area contributed by atoms with Crippen LogP contribution in [0.4, 0.5) is 13.2 Å². The monoisotopic (exact) mass is 350 g/mol. The average molecular weight is 351 g/mol. The van der Waals surface area contributed by atoms with E-state index in [2.05, 4.69) is 20.6 Å². The number of pyridine rings is 1. The van der Waals surface area contributed by atoms with E-state index in [9.17, 15) is 13.2 Å². The zero-order chi connectivity index (χ0) is 16.9. The molecule has 0 radical (unpaired) electrons. The van der Waals surface area contributed by atoms with Crippen LogP contribution >= 0.6 is 11.6 Å². The van der Waals surface area contributed by atoms with Crippen LogP contribution in [0.25, 0.3) is 0 Å². The standard InChI is InChI=1S/C14H18ClF3N4O/c1-2-19-13(22-10-3-4-10)20-5-6-23-12-11(15)7-9(8-21-12)14(16,17)18/h7-8,10H,2-6H2,1H3,(H2,19,20,22). The molecule has 9 heteroatoms. The van der Waals surface area contributed by atoms with E-state index >= 15 is 0 Å². The molecule has 0 atom stereocenters. The maximum Gasteiger partial charge on any atom is 0.417 e. The van der Waals surface area contributed by atoms with Crippen LogP contribution in [0, 0.1) is 0 Å². The van der Waals surface area contributed by atoms with Crippen molar-refractivity contribution in [2.24, 2.45) is 4.99 Å². The van der Waals surface area contributed by atoms with E-state index in [1.165, 1.54) is 0 Å². The third-order valence-electron chi connectivity index (χ3n) is 3.00. The van der Waals surface area contributed by atoms with Crippen molar-refractivity contribution in [2.45, 2.75) is 32.0 Å². The number of aliphatic imine (C=N–C) groups is 1. The summed E-state index contributed by atoms with van der Waals surface area (Å²) in [6.45, 7) is 3.21. The molecule has 128 valence electrons. The van der Waals surface area contributed by atoms with Gasteiger partial charge in [-0.15, -0.1) is 0 Å². The molecule has 1 heterocycles. The zero-order valence-corrected chi connectivity index (χ0v) is 13.3. The topological polar surface area (TPSA) is 58.5 Å². The first-order valence-corrected chi connectivity index (χ1v) is 7.68. The van der Waals surface area contributed by atoms with Gasteiger partial charge in [0.05, 0.1) is 12.1 Å². The summed E-state index contributed by atoms with van der Waals surface area (Å²) in [6.07, 6.45) is -1.52. The van der Waals surface area contributed by atoms with E-state index in [-0.39, 0.29) is 17.5 Å². The van der Waals surface area contributed by atoms with Crippen molar-refractivity contribution in [3.05, 3.63) is 22.8 Å². The van der Waals surface area contributed by atoms with E-state index in [1.807, 2.05) is 6.92 Å². The molecule has 2 N–H and O–H groups in total. The number of halogens is 4. The molecule has 2 rings (SSSR count). The summed E-state index contributed by atoms with van der Waals surface area (Å²) in [7, 11) is 0. The Morgan fingerprint density at radius 3 is 2.78 bits per heavy atom. The van der Waals surface area contributed by atoms with Crippen molar-refractivity contribution in [1.82, 2.24) is 15.6 Å². The van der Waals surface area contributed by atoms with Gasteiger partial charge in [0.15, 0.2) is 5.96 Å². The molecule has 0 aromatic carbocycles. The van der Waals surface area contributed by atoms with Gasteiger partial charge in [0.2, 0.25) is 5.88 Å². The van der Waals surface area contributed by atoms with Gasteiger partial charge < -0.3 is 15.4 Å². The van der Waals surface area contributed by atoms with Gasteiger partial charge >= 0.3 is 6.18 Å². The smallest absolute Gasteiger partial charge is 0.417 e. The van der Waals surface area contributed by atoms with Gasteiger partial charge in [-0.05, 0) is 25.8 Å². The maximum absolute atomic E-state index is 12.5. The van der Waals surface area contributed by atoms with Crippen molar-refractivity contribution in [3.63, 3.8) is 0 Å². The molecule has 0 aliphatic heterocycles. The molecule has 1 aliphatic rings. The zero-order valence-electron chi connectivity index (χ0n) is 12.6. The fraction of sp³-hybridized carbons (Fsp3) is 0.571. The minimum Gasteiger partial charge on any atom is -0.475 e. The quantitative estimate of drug-likeness (QED) is 0.470. The SMILES string of the molecule is CCNC(=NCCOc1ncc(C(F)(F)F)cc1Cl)NC1CC1. The average Bonchev–Trinajstić information content (AvgIpc) is 3.28. The van der Waals surface area contributed by atoms with Gasteiger partial charge in [-0.2, -0.15) is 13.2 Å². The van der Waals surface area contributed by atoms with Crippen LogP contribution < -0.4 is 15.4 Å². The van der Waals surface area contributed by atoms with E-state index in [0.29, 0.717) is 24.7 Å². The molecule has 1 aromatic rings. The summed E-state index contributed by atoms with van der Waals surface area (Å²) in [5, 5.41) is 6.17. The fourth-order valence-electron chi connectivity index (χ4n) is 1.73. The Morgan fingerprint density at radius 2 is 2.22 bits per heavy atom. The first kappa shape index (κ1) is 17.7. The molecule has 0 amide bonds. The third-order valence-corrected chi connectivity index (χ3v) is 3.27. The van der Waals surface area contributed by atoms with Crippen molar-refractivity contribution in [1.29, 1.82) is 0 Å². The van der Waals surface area contributed by atoms with Crippen molar-refractivity contribution < 1.29 is 17.9 Å². The van der Waals surface area contributed by atoms with Crippen LogP contribution in [0.5, 0.6) is 5.88 Å². The molecule has 1 fully saturated rings. The van der Waals surface area contributed by atoms with Crippen LogP contribution in [0.3, 0.4) is 0 Å². The number of rotatable bonds is 6. The summed E-state index contributed by atoms with van der Waals surface area (Å²) in [5.41, 5.74) is -0.907. The molecular weight excluding hydrogens is 333 g/mol. The predicted octanol–water partition coefficient (Wildman–Crippen LogP) is 2.85. The Balaban J connectivity index is 1.85. The highest BCUT2D eigenvalue weighted by molar-refractivity contribution is 6.31. The number of guanidine groups is 1. The number of hydrogen-bond acceptors (Lipinski definition) is 3. The summed E-state index contributed by atoms with van der Waals surface area (Å²) < 4.78 is 42.8. The van der Waals surface area contributed by atoms with E-state index in [4.69, 9.17) is 16.3 Å². The summed E-state index contributed by atoms with van der Waals surface area (Å²) in [5.74, 6) is 0.667. The van der Waals surface area contributed by atoms with Crippen LogP contribution in [-0.4, -0.2) is 36.7 Å². The number of ether oxygens (including phenoxy) is 1. The van der Waals surface area contributed by atoms with E-state index < -0.39 is 11.7 Å². The number of aromatic nitrogens is 1. The van der Waals surface area contributed by atoms with Crippen LogP contribution in [-0.2, 0) is 6.18 Å². The lowest BCUT2D eigenvalue weighted by Crippen LogP contribution is -2.38. The Bertz CT molecular complexity index is 561. The molecule has 23 heavy (non-hydrogen) atoms. The van der Waals surface area contributed by atoms with Gasteiger partial charge in [0.1, 0.15) is 11.6 Å². The molecule has 0 spiro atoms. The lowest BCUT2D eigenvalue weighted by atomic mass is 10.3. The van der Waals surface area contributed by atoms with Crippen LogP contribution in [0.2, 0.25) is 5.02 Å². The van der Waals surface area contributed by atoms with Gasteiger partial charge in [-0.1, -0.05) is 11.6 Å². The Kier molecular flexibility index (Phi) is 5.92.